The molecule has 0 spiro atoms. The number of aliphatic imine (C=N–C) groups is 1. The highest BCUT2D eigenvalue weighted by molar-refractivity contribution is 7.89. The Bertz CT molecular complexity index is 740. The first-order valence-electron chi connectivity index (χ1n) is 7.10. The van der Waals surface area contributed by atoms with Crippen molar-refractivity contribution < 1.29 is 13.3 Å². The largest absolute Gasteiger partial charge is 0.357 e. The van der Waals surface area contributed by atoms with Crippen LogP contribution in [-0.2, 0) is 10.0 Å². The quantitative estimate of drug-likeness (QED) is 0.152. The average molecular weight is 353 g/mol. The Morgan fingerprint density at radius 2 is 2.17 bits per heavy atom. The third-order valence-electron chi connectivity index (χ3n) is 2.71. The van der Waals surface area contributed by atoms with E-state index in [1.165, 1.54) is 18.2 Å². The van der Waals surface area contributed by atoms with Crippen LogP contribution in [0.1, 0.15) is 6.92 Å². The fourth-order valence-corrected chi connectivity index (χ4v) is 2.73. The minimum atomic E-state index is -3.84. The van der Waals surface area contributed by atoms with Crippen LogP contribution < -0.4 is 15.4 Å². The summed E-state index contributed by atoms with van der Waals surface area (Å²) in [6.07, 6.45) is 5.15. The van der Waals surface area contributed by atoms with Crippen LogP contribution in [0.4, 0.5) is 5.69 Å². The maximum Gasteiger partial charge on any atom is 0.270 e. The third kappa shape index (κ3) is 6.23. The van der Waals surface area contributed by atoms with Crippen LogP contribution in [0.3, 0.4) is 0 Å². The predicted molar refractivity (Wildman–Crippen MR) is 91.1 cm³/mol. The van der Waals surface area contributed by atoms with Gasteiger partial charge in [-0.05, 0) is 13.0 Å². The van der Waals surface area contributed by atoms with Gasteiger partial charge in [0.15, 0.2) is 5.96 Å². The Balaban J connectivity index is 2.67. The lowest BCUT2D eigenvalue weighted by Crippen LogP contribution is -2.38. The van der Waals surface area contributed by atoms with E-state index in [9.17, 15) is 18.5 Å². The van der Waals surface area contributed by atoms with Crippen molar-refractivity contribution in [1.82, 2.24) is 15.4 Å². The van der Waals surface area contributed by atoms with Gasteiger partial charge in [0.25, 0.3) is 5.69 Å². The topological polar surface area (TPSA) is 126 Å². The van der Waals surface area contributed by atoms with Crippen molar-refractivity contribution in [3.63, 3.8) is 0 Å². The van der Waals surface area contributed by atoms with E-state index in [0.717, 1.165) is 6.07 Å². The van der Waals surface area contributed by atoms with Gasteiger partial charge < -0.3 is 10.6 Å². The van der Waals surface area contributed by atoms with Gasteiger partial charge in [0.2, 0.25) is 10.0 Å². The molecule has 1 aromatic rings. The molecule has 0 saturated carbocycles. The first kappa shape index (κ1) is 19.4. The third-order valence-corrected chi connectivity index (χ3v) is 4.17. The van der Waals surface area contributed by atoms with Crippen molar-refractivity contribution in [2.24, 2.45) is 4.99 Å². The summed E-state index contributed by atoms with van der Waals surface area (Å²) in [5.41, 5.74) is -0.288. The number of guanidine groups is 1. The number of hydrogen-bond acceptors (Lipinski definition) is 5. The molecule has 24 heavy (non-hydrogen) atoms. The van der Waals surface area contributed by atoms with Crippen LogP contribution in [0.5, 0.6) is 0 Å². The average Bonchev–Trinajstić information content (AvgIpc) is 2.56. The summed E-state index contributed by atoms with van der Waals surface area (Å²) < 4.78 is 26.6. The molecule has 0 heterocycles. The maximum atomic E-state index is 12.1. The van der Waals surface area contributed by atoms with Crippen LogP contribution in [-0.4, -0.2) is 45.5 Å². The summed E-state index contributed by atoms with van der Waals surface area (Å²) in [6.45, 7) is 3.03. The molecule has 0 radical (unpaired) electrons. The molecule has 0 atom stereocenters. The summed E-state index contributed by atoms with van der Waals surface area (Å²) in [5.74, 6) is 2.89. The van der Waals surface area contributed by atoms with Crippen molar-refractivity contribution in [2.75, 3.05) is 26.2 Å². The Morgan fingerprint density at radius 3 is 2.79 bits per heavy atom. The monoisotopic (exact) mass is 353 g/mol. The van der Waals surface area contributed by atoms with E-state index < -0.39 is 14.9 Å². The Kier molecular flexibility index (Phi) is 7.67. The second-order valence-electron chi connectivity index (χ2n) is 4.47. The van der Waals surface area contributed by atoms with Crippen LogP contribution in [0.25, 0.3) is 0 Å². The second kappa shape index (κ2) is 9.49. The molecule has 0 fully saturated rings. The summed E-state index contributed by atoms with van der Waals surface area (Å²) in [7, 11) is -3.84. The first-order valence-corrected chi connectivity index (χ1v) is 8.58. The zero-order valence-electron chi connectivity index (χ0n) is 13.2. The number of sulfonamides is 1. The number of benzene rings is 1. The number of nitro benzene ring substituents is 1. The molecule has 0 aliphatic carbocycles. The van der Waals surface area contributed by atoms with E-state index in [4.69, 9.17) is 6.42 Å². The lowest BCUT2D eigenvalue weighted by atomic mass is 10.3. The molecule has 9 nitrogen and oxygen atoms in total. The number of rotatable bonds is 8. The summed E-state index contributed by atoms with van der Waals surface area (Å²) in [6, 6.07) is 4.84. The van der Waals surface area contributed by atoms with Crippen LogP contribution in [0.15, 0.2) is 34.2 Å². The zero-order valence-corrected chi connectivity index (χ0v) is 14.0. The molecular formula is C14H19N5O4S. The van der Waals surface area contributed by atoms with Gasteiger partial charge in [0.1, 0.15) is 0 Å². The van der Waals surface area contributed by atoms with Crippen LogP contribution in [0, 0.1) is 22.5 Å². The number of nitrogens with zero attached hydrogens (tertiary/aromatic N) is 2. The highest BCUT2D eigenvalue weighted by atomic mass is 32.2. The van der Waals surface area contributed by atoms with Gasteiger partial charge in [0.05, 0.1) is 22.9 Å². The van der Waals surface area contributed by atoms with Crippen molar-refractivity contribution in [3.8, 4) is 12.3 Å². The Morgan fingerprint density at radius 1 is 1.42 bits per heavy atom. The normalized spacial score (nSPS) is 11.6. The first-order chi connectivity index (χ1) is 11.4. The minimum absolute atomic E-state index is 0.0393. The zero-order chi connectivity index (χ0) is 18.0. The van der Waals surface area contributed by atoms with E-state index >= 15 is 0 Å². The lowest BCUT2D eigenvalue weighted by Gasteiger charge is -2.09. The molecule has 1 rings (SSSR count). The van der Waals surface area contributed by atoms with Crippen LogP contribution >= 0.6 is 0 Å². The standard InChI is InChI=1S/C14H19N5O4S/c1-3-8-16-14(15-4-2)17-9-10-18-24(22,23)13-7-5-6-12(11-13)19(20)21/h1,5-7,11,18H,4,8-10H2,2H3,(H2,15,16,17). The highest BCUT2D eigenvalue weighted by Crippen LogP contribution is 2.16. The van der Waals surface area contributed by atoms with Crippen molar-refractivity contribution in [2.45, 2.75) is 11.8 Å². The van der Waals surface area contributed by atoms with Gasteiger partial charge in [0, 0.05) is 25.2 Å². The fourth-order valence-electron chi connectivity index (χ4n) is 1.67. The SMILES string of the molecule is C#CCNC(=NCCNS(=O)(=O)c1cccc([N+](=O)[O-])c1)NCC. The molecule has 0 saturated heterocycles. The molecule has 0 aliphatic heterocycles. The molecule has 0 aliphatic rings. The van der Waals surface area contributed by atoms with E-state index in [-0.39, 0.29) is 23.7 Å². The molecule has 0 bridgehead atoms. The van der Waals surface area contributed by atoms with Gasteiger partial charge in [-0.2, -0.15) is 0 Å². The molecule has 130 valence electrons. The Hall–Kier alpha value is -2.64. The molecule has 0 aromatic heterocycles. The van der Waals surface area contributed by atoms with E-state index in [2.05, 4.69) is 26.3 Å². The second-order valence-corrected chi connectivity index (χ2v) is 6.24. The molecular weight excluding hydrogens is 334 g/mol. The van der Waals surface area contributed by atoms with Gasteiger partial charge in [-0.3, -0.25) is 15.1 Å². The number of non-ortho nitro benzene ring substituents is 1. The van der Waals surface area contributed by atoms with Gasteiger partial charge in [-0.1, -0.05) is 12.0 Å². The Labute approximate surface area is 140 Å². The smallest absolute Gasteiger partial charge is 0.270 e. The van der Waals surface area contributed by atoms with Crippen LogP contribution in [0.2, 0.25) is 0 Å². The molecule has 0 unspecified atom stereocenters. The lowest BCUT2D eigenvalue weighted by molar-refractivity contribution is -0.385. The van der Waals surface area contributed by atoms with E-state index in [1.807, 2.05) is 6.92 Å². The maximum absolute atomic E-state index is 12.1. The molecule has 1 aromatic carbocycles. The van der Waals surface area contributed by atoms with Crippen molar-refractivity contribution in [3.05, 3.63) is 34.4 Å². The molecule has 0 amide bonds. The number of nitrogens with one attached hydrogen (secondary N) is 3. The van der Waals surface area contributed by atoms with E-state index in [1.54, 1.807) is 0 Å². The number of nitro groups is 1. The minimum Gasteiger partial charge on any atom is -0.357 e. The van der Waals surface area contributed by atoms with Gasteiger partial charge in [-0.15, -0.1) is 6.42 Å². The van der Waals surface area contributed by atoms with Gasteiger partial charge in [-0.25, -0.2) is 13.1 Å². The van der Waals surface area contributed by atoms with E-state index in [0.29, 0.717) is 19.0 Å². The highest BCUT2D eigenvalue weighted by Gasteiger charge is 2.16. The predicted octanol–water partition coefficient (Wildman–Crippen LogP) is 0.0614. The number of terminal acetylenes is 1. The van der Waals surface area contributed by atoms with Gasteiger partial charge >= 0.3 is 0 Å². The van der Waals surface area contributed by atoms with Crippen molar-refractivity contribution >= 4 is 21.7 Å². The molecule has 10 heteroatoms. The summed E-state index contributed by atoms with van der Waals surface area (Å²) in [5, 5.41) is 16.5. The summed E-state index contributed by atoms with van der Waals surface area (Å²) in [4.78, 5) is 14.0. The summed E-state index contributed by atoms with van der Waals surface area (Å²) >= 11 is 0. The number of hydrogen-bond donors (Lipinski definition) is 3. The molecule has 3 N–H and O–H groups in total. The van der Waals surface area contributed by atoms with Crippen molar-refractivity contribution in [1.29, 1.82) is 0 Å². The fraction of sp³-hybridized carbons (Fsp3) is 0.357.